The van der Waals surface area contributed by atoms with Crippen LogP contribution in [0.15, 0.2) is 0 Å². The van der Waals surface area contributed by atoms with Gasteiger partial charge in [0.05, 0.1) is 36.2 Å². The van der Waals surface area contributed by atoms with E-state index in [-0.39, 0.29) is 74.0 Å². The molecule has 0 aromatic carbocycles. The second kappa shape index (κ2) is 13.2. The molecule has 173 valence electrons. The molecule has 1 radical (unpaired) electrons. The molecule has 15 heteroatoms. The van der Waals surface area contributed by atoms with E-state index in [2.05, 4.69) is 0 Å². The van der Waals surface area contributed by atoms with Crippen molar-refractivity contribution in [3.8, 4) is 0 Å². The first kappa shape index (κ1) is 29.6. The van der Waals surface area contributed by atoms with E-state index in [1.165, 1.54) is 0 Å². The van der Waals surface area contributed by atoms with Crippen LogP contribution >= 0.6 is 24.4 Å². The van der Waals surface area contributed by atoms with Crippen molar-refractivity contribution in [1.82, 2.24) is 9.80 Å². The van der Waals surface area contributed by atoms with Crippen molar-refractivity contribution >= 4 is 78.0 Å². The standard InChI is InChI=1S/2C7H13NO3S3.Cu/c2*9-3-2-8(7(12)13)6-1-4-14(10,11)5-6;/h2*6,9H,1-5H2,(H,12,13);/q;;+2/p-2. The van der Waals surface area contributed by atoms with Gasteiger partial charge in [0, 0.05) is 25.2 Å². The Hall–Kier alpha value is 0.559. The Morgan fingerprint density at radius 1 is 0.828 bits per heavy atom. The fourth-order valence-corrected chi connectivity index (χ4v) is 7.53. The van der Waals surface area contributed by atoms with Gasteiger partial charge in [-0.2, -0.15) is 0 Å². The number of thiocarbonyl (C=S) groups is 2. The molecule has 2 saturated heterocycles. The van der Waals surface area contributed by atoms with E-state index >= 15 is 0 Å². The first-order chi connectivity index (χ1) is 12.9. The van der Waals surface area contributed by atoms with Crippen LogP contribution in [0.2, 0.25) is 0 Å². The van der Waals surface area contributed by atoms with Gasteiger partial charge < -0.3 is 69.7 Å². The third-order valence-corrected chi connectivity index (χ3v) is 8.89. The molecule has 0 bridgehead atoms. The molecular formula is C14H24CuN2O6S6. The van der Waals surface area contributed by atoms with Gasteiger partial charge in [0.15, 0.2) is 19.7 Å². The first-order valence-corrected chi connectivity index (χ1v) is 13.8. The van der Waals surface area contributed by atoms with Gasteiger partial charge in [-0.3, -0.25) is 0 Å². The molecule has 0 saturated carbocycles. The SMILES string of the molecule is O=S1(=O)CCC(N(CCO)C(=S)[S-])C1.O=S1(=O)CCC(N(CCO)C(=S)[S-])C1.[Cu+2]. The number of rotatable bonds is 6. The van der Waals surface area contributed by atoms with Crippen LogP contribution < -0.4 is 0 Å². The Bertz CT molecular complexity index is 699. The summed E-state index contributed by atoms with van der Waals surface area (Å²) in [5, 5.41) is 17.6. The van der Waals surface area contributed by atoms with Crippen molar-refractivity contribution in [3.05, 3.63) is 0 Å². The van der Waals surface area contributed by atoms with Crippen LogP contribution in [-0.2, 0) is 62.0 Å². The summed E-state index contributed by atoms with van der Waals surface area (Å²) in [5.41, 5.74) is 0. The van der Waals surface area contributed by atoms with E-state index in [0.29, 0.717) is 25.9 Å². The van der Waals surface area contributed by atoms with E-state index in [1.807, 2.05) is 0 Å². The number of hydrogen-bond donors (Lipinski definition) is 2. The van der Waals surface area contributed by atoms with Crippen molar-refractivity contribution in [2.45, 2.75) is 24.9 Å². The fourth-order valence-electron chi connectivity index (χ4n) is 3.10. The summed E-state index contributed by atoms with van der Waals surface area (Å²) < 4.78 is 45.3. The first-order valence-electron chi connectivity index (χ1n) is 8.50. The van der Waals surface area contributed by atoms with Crippen LogP contribution in [0.4, 0.5) is 0 Å². The van der Waals surface area contributed by atoms with Crippen LogP contribution in [0, 0.1) is 0 Å². The molecule has 2 unspecified atom stereocenters. The molecule has 2 atom stereocenters. The molecule has 2 aliphatic rings. The molecule has 0 aromatic rings. The predicted octanol–water partition coefficient (Wildman–Crippen LogP) is -1.40. The predicted molar refractivity (Wildman–Crippen MR) is 122 cm³/mol. The minimum Gasteiger partial charge on any atom is -0.411 e. The van der Waals surface area contributed by atoms with E-state index in [9.17, 15) is 16.8 Å². The van der Waals surface area contributed by atoms with Gasteiger partial charge in [-0.1, -0.05) is 8.64 Å². The monoisotopic (exact) mass is 571 g/mol. The zero-order valence-electron chi connectivity index (χ0n) is 15.4. The second-order valence-electron chi connectivity index (χ2n) is 6.48. The molecule has 0 aliphatic carbocycles. The molecule has 2 aliphatic heterocycles. The van der Waals surface area contributed by atoms with Gasteiger partial charge in [0.25, 0.3) is 0 Å². The molecule has 0 amide bonds. The average molecular weight is 572 g/mol. The quantitative estimate of drug-likeness (QED) is 0.222. The molecule has 29 heavy (non-hydrogen) atoms. The van der Waals surface area contributed by atoms with E-state index in [1.54, 1.807) is 9.80 Å². The number of aliphatic hydroxyl groups is 2. The molecule has 2 rings (SSSR count). The van der Waals surface area contributed by atoms with Gasteiger partial charge in [-0.05, 0) is 12.8 Å². The van der Waals surface area contributed by atoms with Crippen molar-refractivity contribution in [2.75, 3.05) is 49.3 Å². The van der Waals surface area contributed by atoms with Gasteiger partial charge >= 0.3 is 17.1 Å². The van der Waals surface area contributed by atoms with Gasteiger partial charge in [0.1, 0.15) is 0 Å². The zero-order chi connectivity index (χ0) is 21.5. The molecule has 2 fully saturated rings. The summed E-state index contributed by atoms with van der Waals surface area (Å²) in [6.07, 6.45) is 1.11. The Morgan fingerprint density at radius 2 is 1.14 bits per heavy atom. The second-order valence-corrected chi connectivity index (χ2v) is 13.0. The van der Waals surface area contributed by atoms with Crippen molar-refractivity contribution in [1.29, 1.82) is 0 Å². The number of hydrogen-bond acceptors (Lipinski definition) is 10. The van der Waals surface area contributed by atoms with Gasteiger partial charge in [-0.25, -0.2) is 16.8 Å². The Morgan fingerprint density at radius 3 is 1.31 bits per heavy atom. The summed E-state index contributed by atoms with van der Waals surface area (Å²) in [5.74, 6) is 0.586. The normalized spacial score (nSPS) is 23.9. The topological polar surface area (TPSA) is 115 Å². The molecule has 2 N–H and O–H groups in total. The third-order valence-electron chi connectivity index (χ3n) is 4.45. The van der Waals surface area contributed by atoms with Gasteiger partial charge in [0.2, 0.25) is 0 Å². The number of nitrogens with zero attached hydrogens (tertiary/aromatic N) is 2. The minimum absolute atomic E-state index is 0. The molecule has 0 spiro atoms. The molecular weight excluding hydrogens is 548 g/mol. The van der Waals surface area contributed by atoms with Gasteiger partial charge in [-0.15, -0.1) is 0 Å². The van der Waals surface area contributed by atoms with Crippen LogP contribution in [0.3, 0.4) is 0 Å². The van der Waals surface area contributed by atoms with E-state index in [0.717, 1.165) is 0 Å². The summed E-state index contributed by atoms with van der Waals surface area (Å²) in [6.45, 7) is 0.520. The van der Waals surface area contributed by atoms with Crippen molar-refractivity contribution < 1.29 is 44.1 Å². The maximum atomic E-state index is 11.2. The summed E-state index contributed by atoms with van der Waals surface area (Å²) >= 11 is 19.3. The Labute approximate surface area is 204 Å². The zero-order valence-corrected chi connectivity index (χ0v) is 21.2. The fraction of sp³-hybridized carbons (Fsp3) is 0.857. The molecule has 2 heterocycles. The minimum atomic E-state index is -2.92. The Balaban J connectivity index is 0.000000523. The van der Waals surface area contributed by atoms with Crippen LogP contribution in [0.1, 0.15) is 12.8 Å². The van der Waals surface area contributed by atoms with Crippen LogP contribution in [0.25, 0.3) is 0 Å². The number of sulfone groups is 2. The van der Waals surface area contributed by atoms with Crippen molar-refractivity contribution in [2.24, 2.45) is 0 Å². The largest absolute Gasteiger partial charge is 2.00 e. The average Bonchev–Trinajstić information content (AvgIpc) is 3.11. The summed E-state index contributed by atoms with van der Waals surface area (Å²) in [7, 11) is -5.84. The summed E-state index contributed by atoms with van der Waals surface area (Å²) in [4.78, 5) is 3.24. The third kappa shape index (κ3) is 10.1. The number of aliphatic hydroxyl groups excluding tert-OH is 2. The molecule has 0 aromatic heterocycles. The van der Waals surface area contributed by atoms with E-state index in [4.69, 9.17) is 59.9 Å². The Kier molecular flexibility index (Phi) is 13.4. The van der Waals surface area contributed by atoms with Crippen molar-refractivity contribution in [3.63, 3.8) is 0 Å². The molecule has 8 nitrogen and oxygen atoms in total. The van der Waals surface area contributed by atoms with Crippen LogP contribution in [-0.4, -0.2) is 107 Å². The maximum Gasteiger partial charge on any atom is 2.00 e. The maximum absolute atomic E-state index is 11.2. The smallest absolute Gasteiger partial charge is 0.411 e. The van der Waals surface area contributed by atoms with E-state index < -0.39 is 19.7 Å². The van der Waals surface area contributed by atoms with Crippen LogP contribution in [0.5, 0.6) is 0 Å². The summed E-state index contributed by atoms with van der Waals surface area (Å²) in [6, 6.07) is -0.283.